The molecule has 3 rings (SSSR count). The zero-order valence-electron chi connectivity index (χ0n) is 14.2. The number of anilines is 1. The average Bonchev–Trinajstić information content (AvgIpc) is 2.96. The molecule has 1 heterocycles. The molecule has 2 aromatic carbocycles. The summed E-state index contributed by atoms with van der Waals surface area (Å²) in [5.74, 6) is 0.203. The van der Waals surface area contributed by atoms with E-state index in [1.807, 2.05) is 55.5 Å². The summed E-state index contributed by atoms with van der Waals surface area (Å²) in [7, 11) is 0. The van der Waals surface area contributed by atoms with Crippen LogP contribution in [0.1, 0.15) is 18.1 Å². The normalized spacial score (nSPS) is 10.6. The molecule has 0 bridgehead atoms. The summed E-state index contributed by atoms with van der Waals surface area (Å²) in [4.78, 5) is 12.4. The number of hydrogen-bond donors (Lipinski definition) is 1. The van der Waals surface area contributed by atoms with Gasteiger partial charge in [0.25, 0.3) is 4.84 Å². The molecule has 0 spiro atoms. The number of benzene rings is 2. The molecule has 0 atom stereocenters. The van der Waals surface area contributed by atoms with Crippen molar-refractivity contribution in [2.24, 2.45) is 0 Å². The fourth-order valence-electron chi connectivity index (χ4n) is 2.38. The van der Waals surface area contributed by atoms with E-state index in [2.05, 4.69) is 17.3 Å². The lowest BCUT2D eigenvalue weighted by molar-refractivity contribution is -0.117. The van der Waals surface area contributed by atoms with Gasteiger partial charge < -0.3 is 9.73 Å². The first-order chi connectivity index (χ1) is 12.0. The molecule has 6 heteroatoms. The monoisotopic (exact) mass is 353 g/mol. The number of rotatable bonds is 5. The van der Waals surface area contributed by atoms with Gasteiger partial charge in [-0.25, -0.2) is 4.68 Å². The topological polar surface area (TPSA) is 60.1 Å². The van der Waals surface area contributed by atoms with Crippen LogP contribution in [-0.4, -0.2) is 15.7 Å². The Morgan fingerprint density at radius 2 is 1.84 bits per heavy atom. The van der Waals surface area contributed by atoms with Crippen molar-refractivity contribution in [3.05, 3.63) is 64.5 Å². The lowest BCUT2D eigenvalue weighted by Gasteiger charge is -2.05. The van der Waals surface area contributed by atoms with E-state index in [1.54, 1.807) is 0 Å². The molecule has 0 fully saturated rings. The minimum atomic E-state index is -0.205. The van der Waals surface area contributed by atoms with E-state index < -0.39 is 0 Å². The maximum Gasteiger partial charge on any atom is 0.287 e. The first-order valence-electron chi connectivity index (χ1n) is 8.09. The van der Waals surface area contributed by atoms with Crippen molar-refractivity contribution in [2.75, 3.05) is 5.32 Å². The maximum atomic E-state index is 12.2. The molecule has 1 aromatic heterocycles. The predicted octanol–water partition coefficient (Wildman–Crippen LogP) is 4.38. The molecule has 5 nitrogen and oxygen atoms in total. The highest BCUT2D eigenvalue weighted by molar-refractivity contribution is 7.71. The number of nitrogens with one attached hydrogen (secondary N) is 1. The second-order valence-corrected chi connectivity index (χ2v) is 6.14. The maximum absolute atomic E-state index is 12.2. The number of aromatic nitrogens is 2. The molecule has 1 N–H and O–H groups in total. The minimum Gasteiger partial charge on any atom is -0.409 e. The summed E-state index contributed by atoms with van der Waals surface area (Å²) < 4.78 is 6.90. The Kier molecular flexibility index (Phi) is 5.09. The van der Waals surface area contributed by atoms with Crippen LogP contribution >= 0.6 is 12.2 Å². The van der Waals surface area contributed by atoms with Gasteiger partial charge in [-0.1, -0.05) is 36.8 Å². The van der Waals surface area contributed by atoms with Gasteiger partial charge in [-0.05, 0) is 55.4 Å². The van der Waals surface area contributed by atoms with Crippen LogP contribution in [0, 0.1) is 11.8 Å². The molecule has 0 radical (unpaired) electrons. The van der Waals surface area contributed by atoms with Crippen LogP contribution in [0.5, 0.6) is 0 Å². The third-order valence-electron chi connectivity index (χ3n) is 3.84. The summed E-state index contributed by atoms with van der Waals surface area (Å²) >= 11 is 5.17. The Balaban J connectivity index is 1.70. The van der Waals surface area contributed by atoms with Gasteiger partial charge in [0.2, 0.25) is 11.8 Å². The van der Waals surface area contributed by atoms with Gasteiger partial charge in [-0.2, -0.15) is 0 Å². The Morgan fingerprint density at radius 3 is 2.48 bits per heavy atom. The lowest BCUT2D eigenvalue weighted by Crippen LogP contribution is -2.19. The zero-order valence-corrected chi connectivity index (χ0v) is 15.0. The van der Waals surface area contributed by atoms with Crippen molar-refractivity contribution in [1.29, 1.82) is 0 Å². The molecule has 128 valence electrons. The predicted molar refractivity (Wildman–Crippen MR) is 99.9 cm³/mol. The third-order valence-corrected chi connectivity index (χ3v) is 4.14. The van der Waals surface area contributed by atoms with E-state index in [-0.39, 0.29) is 17.3 Å². The standard InChI is InChI=1S/C19H19N3O2S/c1-3-14-6-10-16(11-7-14)20-17(23)12-22-19(25)24-18(21-22)15-8-4-13(2)5-9-15/h4-11H,3,12H2,1-2H3,(H,20,23). The molecule has 0 aliphatic carbocycles. The van der Waals surface area contributed by atoms with E-state index in [4.69, 9.17) is 16.6 Å². The number of nitrogens with zero attached hydrogens (tertiary/aromatic N) is 2. The summed E-state index contributed by atoms with van der Waals surface area (Å²) in [6, 6.07) is 15.5. The van der Waals surface area contributed by atoms with E-state index in [1.165, 1.54) is 10.2 Å². The fourth-order valence-corrected chi connectivity index (χ4v) is 2.56. The van der Waals surface area contributed by atoms with Crippen LogP contribution in [0.4, 0.5) is 5.69 Å². The Morgan fingerprint density at radius 1 is 1.16 bits per heavy atom. The van der Waals surface area contributed by atoms with E-state index >= 15 is 0 Å². The molecule has 1 amide bonds. The molecule has 25 heavy (non-hydrogen) atoms. The summed E-state index contributed by atoms with van der Waals surface area (Å²) in [5.41, 5.74) is 3.94. The number of carbonyl (C=O) groups is 1. The lowest BCUT2D eigenvalue weighted by atomic mass is 10.1. The average molecular weight is 353 g/mol. The molecule has 0 saturated heterocycles. The van der Waals surface area contributed by atoms with E-state index in [0.29, 0.717) is 5.89 Å². The molecule has 0 aliphatic heterocycles. The van der Waals surface area contributed by atoms with Crippen molar-refractivity contribution >= 4 is 23.8 Å². The third kappa shape index (κ3) is 4.22. The fraction of sp³-hybridized carbons (Fsp3) is 0.211. The summed E-state index contributed by atoms with van der Waals surface area (Å²) in [5, 5.41) is 7.14. The van der Waals surface area contributed by atoms with Crippen molar-refractivity contribution < 1.29 is 9.21 Å². The van der Waals surface area contributed by atoms with Gasteiger partial charge in [0.15, 0.2) is 0 Å². The van der Waals surface area contributed by atoms with Gasteiger partial charge in [0.1, 0.15) is 6.54 Å². The van der Waals surface area contributed by atoms with Crippen molar-refractivity contribution in [1.82, 2.24) is 9.78 Å². The summed E-state index contributed by atoms with van der Waals surface area (Å²) in [6.45, 7) is 4.10. The number of aryl methyl sites for hydroxylation is 2. The number of hydrogen-bond acceptors (Lipinski definition) is 4. The van der Waals surface area contributed by atoms with Crippen LogP contribution in [0.3, 0.4) is 0 Å². The highest BCUT2D eigenvalue weighted by Gasteiger charge is 2.11. The minimum absolute atomic E-state index is 0.00369. The molecule has 3 aromatic rings. The van der Waals surface area contributed by atoms with Crippen LogP contribution in [0.2, 0.25) is 0 Å². The molecule has 0 aliphatic rings. The smallest absolute Gasteiger partial charge is 0.287 e. The quantitative estimate of drug-likeness (QED) is 0.692. The molecular formula is C19H19N3O2S. The Hall–Kier alpha value is -2.73. The van der Waals surface area contributed by atoms with Crippen LogP contribution in [-0.2, 0) is 17.8 Å². The molecule has 0 unspecified atom stereocenters. The van der Waals surface area contributed by atoms with Gasteiger partial charge in [-0.3, -0.25) is 4.79 Å². The van der Waals surface area contributed by atoms with Gasteiger partial charge in [0, 0.05) is 11.3 Å². The van der Waals surface area contributed by atoms with E-state index in [0.717, 1.165) is 23.2 Å². The van der Waals surface area contributed by atoms with E-state index in [9.17, 15) is 4.79 Å². The van der Waals surface area contributed by atoms with Crippen LogP contribution in [0.15, 0.2) is 52.9 Å². The van der Waals surface area contributed by atoms with Gasteiger partial charge in [0.05, 0.1) is 0 Å². The number of amides is 1. The van der Waals surface area contributed by atoms with Crippen LogP contribution < -0.4 is 5.32 Å². The first-order valence-corrected chi connectivity index (χ1v) is 8.50. The Bertz CT molecular complexity index is 925. The van der Waals surface area contributed by atoms with Crippen molar-refractivity contribution in [3.63, 3.8) is 0 Å². The SMILES string of the molecule is CCc1ccc(NC(=O)Cn2nc(-c3ccc(C)cc3)oc2=S)cc1. The second-order valence-electron chi connectivity index (χ2n) is 5.80. The van der Waals surface area contributed by atoms with Crippen molar-refractivity contribution in [3.8, 4) is 11.5 Å². The Labute approximate surface area is 151 Å². The van der Waals surface area contributed by atoms with Crippen molar-refractivity contribution in [2.45, 2.75) is 26.8 Å². The van der Waals surface area contributed by atoms with Crippen LogP contribution in [0.25, 0.3) is 11.5 Å². The summed E-state index contributed by atoms with van der Waals surface area (Å²) in [6.07, 6.45) is 0.962. The highest BCUT2D eigenvalue weighted by atomic mass is 32.1. The van der Waals surface area contributed by atoms with Gasteiger partial charge >= 0.3 is 0 Å². The zero-order chi connectivity index (χ0) is 17.8. The van der Waals surface area contributed by atoms with Gasteiger partial charge in [-0.15, -0.1) is 5.10 Å². The molecule has 0 saturated carbocycles. The number of carbonyl (C=O) groups excluding carboxylic acids is 1. The second kappa shape index (κ2) is 7.44. The highest BCUT2D eigenvalue weighted by Crippen LogP contribution is 2.18. The molecular weight excluding hydrogens is 334 g/mol. The first kappa shape index (κ1) is 17.1. The largest absolute Gasteiger partial charge is 0.409 e.